The fourth-order valence-corrected chi connectivity index (χ4v) is 3.50. The first-order valence-electron chi connectivity index (χ1n) is 9.13. The normalized spacial score (nSPS) is 12.4. The number of fused-ring (bicyclic) bond motifs is 3. The first-order chi connectivity index (χ1) is 13.7. The quantitative estimate of drug-likeness (QED) is 0.608. The Morgan fingerprint density at radius 2 is 2.00 bits per heavy atom. The summed E-state index contributed by atoms with van der Waals surface area (Å²) in [6, 6.07) is 13.4. The minimum absolute atomic E-state index is 0.0289. The molecule has 0 radical (unpaired) electrons. The minimum Gasteiger partial charge on any atom is -0.497 e. The molecule has 1 aromatic heterocycles. The molecule has 0 amide bonds. The van der Waals surface area contributed by atoms with Crippen LogP contribution in [0.4, 0.5) is 11.5 Å². The summed E-state index contributed by atoms with van der Waals surface area (Å²) in [7, 11) is 1.64. The van der Waals surface area contributed by atoms with Gasteiger partial charge in [0, 0.05) is 40.5 Å². The fourth-order valence-electron chi connectivity index (χ4n) is 3.32. The predicted molar refractivity (Wildman–Crippen MR) is 112 cm³/mol. The van der Waals surface area contributed by atoms with Crippen molar-refractivity contribution in [2.45, 2.75) is 6.42 Å². The van der Waals surface area contributed by atoms with Gasteiger partial charge in [0.1, 0.15) is 11.6 Å². The van der Waals surface area contributed by atoms with E-state index < -0.39 is 0 Å². The largest absolute Gasteiger partial charge is 0.497 e. The highest BCUT2D eigenvalue weighted by molar-refractivity contribution is 6.31. The van der Waals surface area contributed by atoms with Crippen molar-refractivity contribution >= 4 is 23.1 Å². The van der Waals surface area contributed by atoms with E-state index in [2.05, 4.69) is 10.6 Å². The van der Waals surface area contributed by atoms with Crippen LogP contribution in [0.2, 0.25) is 5.02 Å². The SMILES string of the molecule is COc1ccc(-c2nc(NCCO)c3c(n2)-c2ccc(Cl)cc2NCC3)cc1. The molecule has 0 aliphatic carbocycles. The number of nitrogens with one attached hydrogen (secondary N) is 2. The van der Waals surface area contributed by atoms with Gasteiger partial charge in [0.15, 0.2) is 5.82 Å². The molecule has 0 fully saturated rings. The van der Waals surface area contributed by atoms with Gasteiger partial charge in [-0.3, -0.25) is 0 Å². The summed E-state index contributed by atoms with van der Waals surface area (Å²) in [4.78, 5) is 9.65. The Labute approximate surface area is 168 Å². The first kappa shape index (κ1) is 18.5. The summed E-state index contributed by atoms with van der Waals surface area (Å²) in [6.07, 6.45) is 0.762. The van der Waals surface area contributed by atoms with Crippen molar-refractivity contribution in [3.63, 3.8) is 0 Å². The lowest BCUT2D eigenvalue weighted by molar-refractivity contribution is 0.311. The van der Waals surface area contributed by atoms with Crippen LogP contribution in [-0.2, 0) is 6.42 Å². The Bertz CT molecular complexity index is 992. The van der Waals surface area contributed by atoms with E-state index in [4.69, 9.17) is 26.3 Å². The van der Waals surface area contributed by atoms with Gasteiger partial charge in [0.05, 0.1) is 19.4 Å². The minimum atomic E-state index is 0.0289. The van der Waals surface area contributed by atoms with Crippen molar-refractivity contribution in [3.8, 4) is 28.4 Å². The standard InChI is InChI=1S/C21H21ClN4O2/c1-28-15-5-2-13(3-6-15)20-25-19-16-7-4-14(22)12-18(16)23-9-8-17(19)21(26-20)24-10-11-27/h2-7,12,23,27H,8-11H2,1H3,(H,24,25,26). The lowest BCUT2D eigenvalue weighted by Gasteiger charge is -2.15. The molecular formula is C21H21ClN4O2. The number of rotatable bonds is 5. The molecule has 2 aromatic carbocycles. The molecular weight excluding hydrogens is 376 g/mol. The van der Waals surface area contributed by atoms with Crippen molar-refractivity contribution in [1.82, 2.24) is 9.97 Å². The number of aliphatic hydroxyl groups is 1. The summed E-state index contributed by atoms with van der Waals surface area (Å²) in [5.74, 6) is 2.14. The van der Waals surface area contributed by atoms with Crippen molar-refractivity contribution in [3.05, 3.63) is 53.1 Å². The van der Waals surface area contributed by atoms with Gasteiger partial charge in [0.25, 0.3) is 0 Å². The van der Waals surface area contributed by atoms with Crippen LogP contribution < -0.4 is 15.4 Å². The highest BCUT2D eigenvalue weighted by Gasteiger charge is 2.21. The zero-order valence-corrected chi connectivity index (χ0v) is 16.3. The summed E-state index contributed by atoms with van der Waals surface area (Å²) in [5, 5.41) is 16.6. The van der Waals surface area contributed by atoms with Gasteiger partial charge in [-0.25, -0.2) is 9.97 Å². The van der Waals surface area contributed by atoms with E-state index in [0.29, 0.717) is 17.4 Å². The third-order valence-electron chi connectivity index (χ3n) is 4.69. The van der Waals surface area contributed by atoms with Crippen molar-refractivity contribution in [2.75, 3.05) is 37.4 Å². The zero-order valence-electron chi connectivity index (χ0n) is 15.5. The number of halogens is 1. The molecule has 7 heteroatoms. The summed E-state index contributed by atoms with van der Waals surface area (Å²) >= 11 is 6.19. The number of anilines is 2. The topological polar surface area (TPSA) is 79.3 Å². The molecule has 0 atom stereocenters. The average molecular weight is 397 g/mol. The maximum Gasteiger partial charge on any atom is 0.162 e. The highest BCUT2D eigenvalue weighted by atomic mass is 35.5. The third kappa shape index (κ3) is 3.61. The molecule has 3 N–H and O–H groups in total. The van der Waals surface area contributed by atoms with Gasteiger partial charge in [-0.05, 0) is 48.9 Å². The Morgan fingerprint density at radius 3 is 2.75 bits per heavy atom. The second-order valence-corrected chi connectivity index (χ2v) is 6.90. The van der Waals surface area contributed by atoms with Crippen molar-refractivity contribution < 1.29 is 9.84 Å². The number of hydrogen-bond donors (Lipinski definition) is 3. The molecule has 2 heterocycles. The van der Waals surface area contributed by atoms with E-state index >= 15 is 0 Å². The number of hydrogen-bond acceptors (Lipinski definition) is 6. The molecule has 1 aliphatic rings. The third-order valence-corrected chi connectivity index (χ3v) is 4.92. The highest BCUT2D eigenvalue weighted by Crippen LogP contribution is 2.37. The van der Waals surface area contributed by atoms with Gasteiger partial charge in [-0.2, -0.15) is 0 Å². The molecule has 0 unspecified atom stereocenters. The van der Waals surface area contributed by atoms with Crippen molar-refractivity contribution in [2.24, 2.45) is 0 Å². The smallest absolute Gasteiger partial charge is 0.162 e. The molecule has 4 rings (SSSR count). The van der Waals surface area contributed by atoms with Gasteiger partial charge in [-0.15, -0.1) is 0 Å². The number of benzene rings is 2. The lowest BCUT2D eigenvalue weighted by Crippen LogP contribution is -2.13. The van der Waals surface area contributed by atoms with Gasteiger partial charge >= 0.3 is 0 Å². The van der Waals surface area contributed by atoms with Crippen LogP contribution in [0.3, 0.4) is 0 Å². The fraction of sp³-hybridized carbons (Fsp3) is 0.238. The van der Waals surface area contributed by atoms with Crippen LogP contribution in [0.15, 0.2) is 42.5 Å². The molecule has 28 heavy (non-hydrogen) atoms. The molecule has 1 aliphatic heterocycles. The van der Waals surface area contributed by atoms with Gasteiger partial charge in [0.2, 0.25) is 0 Å². The first-order valence-corrected chi connectivity index (χ1v) is 9.51. The second-order valence-electron chi connectivity index (χ2n) is 6.47. The number of aromatic nitrogens is 2. The molecule has 0 saturated carbocycles. The zero-order chi connectivity index (χ0) is 19.5. The van der Waals surface area contributed by atoms with E-state index in [-0.39, 0.29) is 6.61 Å². The van der Waals surface area contributed by atoms with E-state index in [0.717, 1.165) is 52.6 Å². The number of aliphatic hydroxyl groups excluding tert-OH is 1. The monoisotopic (exact) mass is 396 g/mol. The molecule has 0 bridgehead atoms. The summed E-state index contributed by atoms with van der Waals surface area (Å²) < 4.78 is 5.24. The maximum atomic E-state index is 9.27. The van der Waals surface area contributed by atoms with E-state index in [1.165, 1.54) is 0 Å². The molecule has 6 nitrogen and oxygen atoms in total. The average Bonchev–Trinajstić information content (AvgIpc) is 2.90. The second kappa shape index (κ2) is 8.04. The van der Waals surface area contributed by atoms with E-state index in [1.54, 1.807) is 7.11 Å². The maximum absolute atomic E-state index is 9.27. The van der Waals surface area contributed by atoms with Crippen LogP contribution in [0.25, 0.3) is 22.6 Å². The van der Waals surface area contributed by atoms with E-state index in [9.17, 15) is 5.11 Å². The molecule has 144 valence electrons. The number of nitrogens with zero attached hydrogens (tertiary/aromatic N) is 2. The van der Waals surface area contributed by atoms with Crippen LogP contribution in [0.1, 0.15) is 5.56 Å². The number of ether oxygens (including phenoxy) is 1. The molecule has 3 aromatic rings. The Kier molecular flexibility index (Phi) is 5.32. The van der Waals surface area contributed by atoms with Crippen molar-refractivity contribution in [1.29, 1.82) is 0 Å². The van der Waals surface area contributed by atoms with Crippen LogP contribution in [-0.4, -0.2) is 41.9 Å². The predicted octanol–water partition coefficient (Wildman–Crippen LogP) is 3.84. The Morgan fingerprint density at radius 1 is 1.18 bits per heavy atom. The molecule has 0 saturated heterocycles. The Hall–Kier alpha value is -2.83. The van der Waals surface area contributed by atoms with E-state index in [1.807, 2.05) is 42.5 Å². The number of methoxy groups -OCH3 is 1. The Balaban J connectivity index is 1.89. The molecule has 0 spiro atoms. The summed E-state index contributed by atoms with van der Waals surface area (Å²) in [6.45, 7) is 1.20. The van der Waals surface area contributed by atoms with Crippen LogP contribution >= 0.6 is 11.6 Å². The van der Waals surface area contributed by atoms with Crippen LogP contribution in [0.5, 0.6) is 5.75 Å². The van der Waals surface area contributed by atoms with Gasteiger partial charge in [-0.1, -0.05) is 11.6 Å². The van der Waals surface area contributed by atoms with Gasteiger partial charge < -0.3 is 20.5 Å². The van der Waals surface area contributed by atoms with Crippen LogP contribution in [0, 0.1) is 0 Å². The summed E-state index contributed by atoms with van der Waals surface area (Å²) in [5.41, 5.74) is 4.74. The lowest BCUT2D eigenvalue weighted by atomic mass is 10.0.